The number of benzene rings is 2. The highest BCUT2D eigenvalue weighted by atomic mass is 15.1. The first kappa shape index (κ1) is 12.5. The fraction of sp³-hybridized carbons (Fsp3) is 0.167. The third-order valence-corrected chi connectivity index (χ3v) is 3.85. The second kappa shape index (κ2) is 5.22. The maximum atomic E-state index is 9.63. The van der Waals surface area contributed by atoms with Crippen molar-refractivity contribution in [3.8, 4) is 6.07 Å². The standard InChI is InChI=1S/C18H16N2/c1-20-12-11-15(16-9-5-6-10-18(16)20)17(13-19)14-7-3-2-4-8-14/h2-12,15,17H,1H3. The highest BCUT2D eigenvalue weighted by Gasteiger charge is 2.27. The Labute approximate surface area is 119 Å². The lowest BCUT2D eigenvalue weighted by atomic mass is 9.80. The molecule has 1 aliphatic heterocycles. The molecule has 0 aliphatic carbocycles. The van der Waals surface area contributed by atoms with Crippen molar-refractivity contribution in [1.82, 2.24) is 0 Å². The minimum absolute atomic E-state index is 0.106. The number of allylic oxidation sites excluding steroid dienone is 1. The molecule has 0 radical (unpaired) electrons. The zero-order valence-corrected chi connectivity index (χ0v) is 11.4. The van der Waals surface area contributed by atoms with Gasteiger partial charge in [-0.05, 0) is 17.2 Å². The molecule has 0 fully saturated rings. The zero-order valence-electron chi connectivity index (χ0n) is 11.4. The van der Waals surface area contributed by atoms with Gasteiger partial charge in [0.2, 0.25) is 0 Å². The number of nitriles is 1. The largest absolute Gasteiger partial charge is 0.351 e. The monoisotopic (exact) mass is 260 g/mol. The minimum atomic E-state index is -0.151. The molecule has 2 unspecified atom stereocenters. The highest BCUT2D eigenvalue weighted by molar-refractivity contribution is 5.61. The van der Waals surface area contributed by atoms with E-state index in [-0.39, 0.29) is 11.8 Å². The van der Waals surface area contributed by atoms with Crippen LogP contribution in [-0.2, 0) is 0 Å². The lowest BCUT2D eigenvalue weighted by molar-refractivity contribution is 0.736. The molecule has 0 spiro atoms. The van der Waals surface area contributed by atoms with Gasteiger partial charge in [0.25, 0.3) is 0 Å². The van der Waals surface area contributed by atoms with Gasteiger partial charge in [-0.3, -0.25) is 0 Å². The van der Waals surface area contributed by atoms with E-state index in [9.17, 15) is 5.26 Å². The fourth-order valence-corrected chi connectivity index (χ4v) is 2.81. The molecule has 2 aromatic rings. The average molecular weight is 260 g/mol. The number of para-hydroxylation sites is 1. The van der Waals surface area contributed by atoms with Crippen LogP contribution in [0.25, 0.3) is 0 Å². The topological polar surface area (TPSA) is 27.0 Å². The van der Waals surface area contributed by atoms with E-state index in [1.807, 2.05) is 49.5 Å². The fourth-order valence-electron chi connectivity index (χ4n) is 2.81. The molecule has 1 aliphatic rings. The molecule has 2 aromatic carbocycles. The van der Waals surface area contributed by atoms with E-state index in [0.29, 0.717) is 0 Å². The van der Waals surface area contributed by atoms with Gasteiger partial charge in [-0.15, -0.1) is 0 Å². The molecule has 0 N–H and O–H groups in total. The van der Waals surface area contributed by atoms with E-state index in [2.05, 4.69) is 35.4 Å². The molecule has 2 nitrogen and oxygen atoms in total. The van der Waals surface area contributed by atoms with Gasteiger partial charge in [0.05, 0.1) is 12.0 Å². The third-order valence-electron chi connectivity index (χ3n) is 3.85. The second-order valence-corrected chi connectivity index (χ2v) is 5.05. The van der Waals surface area contributed by atoms with Crippen LogP contribution in [0.15, 0.2) is 66.9 Å². The van der Waals surface area contributed by atoms with Crippen LogP contribution in [0.3, 0.4) is 0 Å². The molecule has 98 valence electrons. The van der Waals surface area contributed by atoms with Crippen LogP contribution < -0.4 is 4.90 Å². The van der Waals surface area contributed by atoms with Crippen molar-refractivity contribution in [2.45, 2.75) is 11.8 Å². The minimum Gasteiger partial charge on any atom is -0.351 e. The van der Waals surface area contributed by atoms with E-state index in [0.717, 1.165) is 5.56 Å². The normalized spacial score (nSPS) is 18.2. The van der Waals surface area contributed by atoms with Gasteiger partial charge < -0.3 is 4.90 Å². The molecular weight excluding hydrogens is 244 g/mol. The Bertz CT molecular complexity index is 667. The molecular formula is C18H16N2. The van der Waals surface area contributed by atoms with Crippen LogP contribution in [0.4, 0.5) is 5.69 Å². The van der Waals surface area contributed by atoms with E-state index in [4.69, 9.17) is 0 Å². The quantitative estimate of drug-likeness (QED) is 0.814. The van der Waals surface area contributed by atoms with Gasteiger partial charge in [0.1, 0.15) is 0 Å². The Hall–Kier alpha value is -2.53. The molecule has 0 bridgehead atoms. The molecule has 0 amide bonds. The van der Waals surface area contributed by atoms with Crippen molar-refractivity contribution >= 4 is 5.69 Å². The van der Waals surface area contributed by atoms with Crippen molar-refractivity contribution in [3.63, 3.8) is 0 Å². The van der Waals surface area contributed by atoms with Crippen LogP contribution in [0.1, 0.15) is 23.0 Å². The van der Waals surface area contributed by atoms with Crippen molar-refractivity contribution in [2.75, 3.05) is 11.9 Å². The van der Waals surface area contributed by atoms with E-state index in [1.165, 1.54) is 11.3 Å². The maximum absolute atomic E-state index is 9.63. The van der Waals surface area contributed by atoms with Gasteiger partial charge >= 0.3 is 0 Å². The van der Waals surface area contributed by atoms with E-state index >= 15 is 0 Å². The molecule has 1 heterocycles. The summed E-state index contributed by atoms with van der Waals surface area (Å²) in [4.78, 5) is 2.10. The Morgan fingerprint density at radius 3 is 2.50 bits per heavy atom. The molecule has 3 rings (SSSR count). The van der Waals surface area contributed by atoms with Crippen LogP contribution in [0, 0.1) is 11.3 Å². The summed E-state index contributed by atoms with van der Waals surface area (Å²) < 4.78 is 0. The number of anilines is 1. The predicted octanol–water partition coefficient (Wildman–Crippen LogP) is 4.04. The van der Waals surface area contributed by atoms with Gasteiger partial charge in [0, 0.05) is 24.9 Å². The van der Waals surface area contributed by atoms with E-state index in [1.54, 1.807) is 0 Å². The lowest BCUT2D eigenvalue weighted by Crippen LogP contribution is -2.20. The molecule has 2 atom stereocenters. The highest BCUT2D eigenvalue weighted by Crippen LogP contribution is 2.40. The molecule has 0 saturated heterocycles. The van der Waals surface area contributed by atoms with E-state index < -0.39 is 0 Å². The second-order valence-electron chi connectivity index (χ2n) is 5.05. The van der Waals surface area contributed by atoms with Crippen LogP contribution >= 0.6 is 0 Å². The summed E-state index contributed by atoms with van der Waals surface area (Å²) in [6.07, 6.45) is 4.18. The predicted molar refractivity (Wildman–Crippen MR) is 81.5 cm³/mol. The van der Waals surface area contributed by atoms with Gasteiger partial charge in [-0.25, -0.2) is 0 Å². The summed E-state index contributed by atoms with van der Waals surface area (Å²) in [5, 5.41) is 9.63. The first-order valence-corrected chi connectivity index (χ1v) is 6.76. The Morgan fingerprint density at radius 2 is 1.75 bits per heavy atom. The summed E-state index contributed by atoms with van der Waals surface area (Å²) in [7, 11) is 2.04. The Balaban J connectivity index is 2.06. The summed E-state index contributed by atoms with van der Waals surface area (Å²) >= 11 is 0. The van der Waals surface area contributed by atoms with Crippen LogP contribution in [0.5, 0.6) is 0 Å². The Morgan fingerprint density at radius 1 is 1.05 bits per heavy atom. The van der Waals surface area contributed by atoms with Gasteiger partial charge in [-0.2, -0.15) is 5.26 Å². The summed E-state index contributed by atoms with van der Waals surface area (Å²) in [5.74, 6) is -0.0444. The molecule has 20 heavy (non-hydrogen) atoms. The molecule has 2 heteroatoms. The SMILES string of the molecule is CN1C=CC(C(C#N)c2ccccc2)c2ccccc21. The summed E-state index contributed by atoms with van der Waals surface area (Å²) in [6.45, 7) is 0. The summed E-state index contributed by atoms with van der Waals surface area (Å²) in [6, 6.07) is 20.8. The number of nitrogens with zero attached hydrogens (tertiary/aromatic N) is 2. The van der Waals surface area contributed by atoms with Crippen LogP contribution in [0.2, 0.25) is 0 Å². The smallest absolute Gasteiger partial charge is 0.0817 e. The van der Waals surface area contributed by atoms with Gasteiger partial charge in [-0.1, -0.05) is 54.6 Å². The van der Waals surface area contributed by atoms with Crippen molar-refractivity contribution in [2.24, 2.45) is 0 Å². The number of fused-ring (bicyclic) bond motifs is 1. The van der Waals surface area contributed by atoms with Crippen LogP contribution in [-0.4, -0.2) is 7.05 Å². The molecule has 0 aromatic heterocycles. The third kappa shape index (κ3) is 2.08. The molecule has 0 saturated carbocycles. The number of rotatable bonds is 2. The maximum Gasteiger partial charge on any atom is 0.0817 e. The first-order valence-electron chi connectivity index (χ1n) is 6.76. The van der Waals surface area contributed by atoms with Gasteiger partial charge in [0.15, 0.2) is 0 Å². The number of hydrogen-bond acceptors (Lipinski definition) is 2. The van der Waals surface area contributed by atoms with Crippen molar-refractivity contribution in [3.05, 3.63) is 78.0 Å². The zero-order chi connectivity index (χ0) is 13.9. The average Bonchev–Trinajstić information content (AvgIpc) is 2.52. The number of hydrogen-bond donors (Lipinski definition) is 0. The van der Waals surface area contributed by atoms with Crippen molar-refractivity contribution < 1.29 is 0 Å². The Kier molecular flexibility index (Phi) is 3.26. The lowest BCUT2D eigenvalue weighted by Gasteiger charge is -2.30. The van der Waals surface area contributed by atoms with Crippen molar-refractivity contribution in [1.29, 1.82) is 5.26 Å². The summed E-state index contributed by atoms with van der Waals surface area (Å²) in [5.41, 5.74) is 3.47. The first-order chi connectivity index (χ1) is 9.81.